The van der Waals surface area contributed by atoms with Gasteiger partial charge in [0.2, 0.25) is 5.89 Å². The van der Waals surface area contributed by atoms with E-state index in [0.717, 1.165) is 23.1 Å². The number of anilines is 1. The Hall–Kier alpha value is -3.80. The first-order valence-electron chi connectivity index (χ1n) is 12.0. The molecular weight excluding hydrogens is 440 g/mol. The SMILES string of the molecule is CC[C@H](C)c1ccc(OCC(=O)Nc2cc(-c3nc4cc(C(C)C)ccc4o3)ccc2OC)cc1. The van der Waals surface area contributed by atoms with E-state index >= 15 is 0 Å². The Bertz CT molecular complexity index is 1310. The summed E-state index contributed by atoms with van der Waals surface area (Å²) in [5.74, 6) is 2.29. The number of carbonyl (C=O) groups excluding carboxylic acids is 1. The highest BCUT2D eigenvalue weighted by Gasteiger charge is 2.15. The third-order valence-electron chi connectivity index (χ3n) is 6.23. The van der Waals surface area contributed by atoms with E-state index in [4.69, 9.17) is 13.9 Å². The van der Waals surface area contributed by atoms with E-state index in [1.807, 2.05) is 42.5 Å². The minimum Gasteiger partial charge on any atom is -0.495 e. The van der Waals surface area contributed by atoms with Crippen molar-refractivity contribution in [3.63, 3.8) is 0 Å². The predicted molar refractivity (Wildman–Crippen MR) is 139 cm³/mol. The first-order valence-corrected chi connectivity index (χ1v) is 12.0. The van der Waals surface area contributed by atoms with E-state index in [1.165, 1.54) is 11.1 Å². The maximum absolute atomic E-state index is 12.6. The van der Waals surface area contributed by atoms with Crippen LogP contribution in [-0.4, -0.2) is 24.6 Å². The van der Waals surface area contributed by atoms with Crippen LogP contribution in [0.1, 0.15) is 57.1 Å². The summed E-state index contributed by atoms with van der Waals surface area (Å²) in [4.78, 5) is 17.3. The van der Waals surface area contributed by atoms with Crippen LogP contribution in [0.25, 0.3) is 22.6 Å². The Morgan fingerprint density at radius 2 is 1.74 bits per heavy atom. The van der Waals surface area contributed by atoms with Crippen molar-refractivity contribution in [2.75, 3.05) is 19.0 Å². The fraction of sp³-hybridized carbons (Fsp3) is 0.310. The molecule has 0 bridgehead atoms. The van der Waals surface area contributed by atoms with E-state index in [0.29, 0.717) is 34.9 Å². The van der Waals surface area contributed by atoms with Crippen LogP contribution in [-0.2, 0) is 4.79 Å². The minimum atomic E-state index is -0.286. The molecule has 0 fully saturated rings. The van der Waals surface area contributed by atoms with E-state index < -0.39 is 0 Å². The monoisotopic (exact) mass is 472 g/mol. The largest absolute Gasteiger partial charge is 0.495 e. The van der Waals surface area contributed by atoms with Gasteiger partial charge in [-0.05, 0) is 71.8 Å². The number of rotatable bonds is 9. The predicted octanol–water partition coefficient (Wildman–Crippen LogP) is 7.16. The quantitative estimate of drug-likeness (QED) is 0.280. The van der Waals surface area contributed by atoms with E-state index in [9.17, 15) is 4.79 Å². The summed E-state index contributed by atoms with van der Waals surface area (Å²) in [5.41, 5.74) is 5.25. The molecule has 1 amide bonds. The first kappa shape index (κ1) is 24.3. The summed E-state index contributed by atoms with van der Waals surface area (Å²) < 4.78 is 17.1. The third-order valence-corrected chi connectivity index (χ3v) is 6.23. The van der Waals surface area contributed by atoms with Crippen molar-refractivity contribution in [1.82, 2.24) is 4.98 Å². The number of carbonyl (C=O) groups is 1. The van der Waals surface area contributed by atoms with Crippen molar-refractivity contribution in [2.24, 2.45) is 0 Å². The Labute approximate surface area is 206 Å². The highest BCUT2D eigenvalue weighted by molar-refractivity contribution is 5.94. The molecule has 0 radical (unpaired) electrons. The van der Waals surface area contributed by atoms with Gasteiger partial charge in [-0.2, -0.15) is 0 Å². The molecule has 1 atom stereocenters. The van der Waals surface area contributed by atoms with Crippen LogP contribution in [0.2, 0.25) is 0 Å². The number of hydrogen-bond donors (Lipinski definition) is 1. The van der Waals surface area contributed by atoms with Crippen molar-refractivity contribution in [2.45, 2.75) is 46.0 Å². The maximum Gasteiger partial charge on any atom is 0.262 e. The average Bonchev–Trinajstić information content (AvgIpc) is 3.31. The number of aromatic nitrogens is 1. The molecule has 3 aromatic carbocycles. The second kappa shape index (κ2) is 10.6. The fourth-order valence-electron chi connectivity index (χ4n) is 3.83. The van der Waals surface area contributed by atoms with Gasteiger partial charge in [0.15, 0.2) is 12.2 Å². The maximum atomic E-state index is 12.6. The van der Waals surface area contributed by atoms with Crippen LogP contribution >= 0.6 is 0 Å². The van der Waals surface area contributed by atoms with E-state index in [2.05, 4.69) is 44.1 Å². The van der Waals surface area contributed by atoms with E-state index in [1.54, 1.807) is 19.2 Å². The lowest BCUT2D eigenvalue weighted by atomic mass is 9.99. The molecule has 35 heavy (non-hydrogen) atoms. The van der Waals surface area contributed by atoms with Gasteiger partial charge < -0.3 is 19.2 Å². The zero-order valence-corrected chi connectivity index (χ0v) is 20.9. The number of benzene rings is 3. The summed E-state index contributed by atoms with van der Waals surface area (Å²) in [5, 5.41) is 2.88. The van der Waals surface area contributed by atoms with Gasteiger partial charge in [-0.15, -0.1) is 0 Å². The molecule has 1 aromatic heterocycles. The van der Waals surface area contributed by atoms with Gasteiger partial charge in [0, 0.05) is 5.56 Å². The lowest BCUT2D eigenvalue weighted by molar-refractivity contribution is -0.118. The molecule has 4 rings (SSSR count). The van der Waals surface area contributed by atoms with Gasteiger partial charge in [-0.3, -0.25) is 4.79 Å². The number of amides is 1. The Morgan fingerprint density at radius 3 is 2.43 bits per heavy atom. The smallest absolute Gasteiger partial charge is 0.262 e. The van der Waals surface area contributed by atoms with Crippen molar-refractivity contribution in [1.29, 1.82) is 0 Å². The van der Waals surface area contributed by atoms with Crippen LogP contribution in [0.15, 0.2) is 65.1 Å². The van der Waals surface area contributed by atoms with E-state index in [-0.39, 0.29) is 12.5 Å². The first-order chi connectivity index (χ1) is 16.9. The molecule has 0 saturated carbocycles. The topological polar surface area (TPSA) is 73.6 Å². The van der Waals surface area contributed by atoms with Crippen LogP contribution in [0.4, 0.5) is 5.69 Å². The summed E-state index contributed by atoms with van der Waals surface area (Å²) in [6.45, 7) is 8.53. The molecular formula is C29H32N2O4. The molecule has 0 unspecified atom stereocenters. The molecule has 0 aliphatic carbocycles. The second-order valence-electron chi connectivity index (χ2n) is 9.03. The highest BCUT2D eigenvalue weighted by Crippen LogP contribution is 2.32. The molecule has 1 N–H and O–H groups in total. The number of nitrogens with one attached hydrogen (secondary N) is 1. The summed E-state index contributed by atoms with van der Waals surface area (Å²) in [6, 6.07) is 19.4. The van der Waals surface area contributed by atoms with Gasteiger partial charge in [-0.1, -0.05) is 45.9 Å². The molecule has 0 spiro atoms. The van der Waals surface area contributed by atoms with Crippen molar-refractivity contribution in [3.8, 4) is 23.0 Å². The highest BCUT2D eigenvalue weighted by atomic mass is 16.5. The fourth-order valence-corrected chi connectivity index (χ4v) is 3.83. The normalized spacial score (nSPS) is 12.1. The zero-order chi connectivity index (χ0) is 24.9. The lowest BCUT2D eigenvalue weighted by Crippen LogP contribution is -2.20. The molecule has 0 saturated heterocycles. The van der Waals surface area contributed by atoms with Crippen molar-refractivity contribution in [3.05, 3.63) is 71.8 Å². The average molecular weight is 473 g/mol. The van der Waals surface area contributed by atoms with Gasteiger partial charge in [0.05, 0.1) is 12.8 Å². The van der Waals surface area contributed by atoms with Crippen molar-refractivity contribution < 1.29 is 18.7 Å². The van der Waals surface area contributed by atoms with Crippen LogP contribution in [0, 0.1) is 0 Å². The number of methoxy groups -OCH3 is 1. The number of hydrogen-bond acceptors (Lipinski definition) is 5. The van der Waals surface area contributed by atoms with Crippen LogP contribution in [0.3, 0.4) is 0 Å². The van der Waals surface area contributed by atoms with Crippen LogP contribution in [0.5, 0.6) is 11.5 Å². The van der Waals surface area contributed by atoms with Crippen LogP contribution < -0.4 is 14.8 Å². The lowest BCUT2D eigenvalue weighted by Gasteiger charge is -2.13. The summed E-state index contributed by atoms with van der Waals surface area (Å²) in [6.07, 6.45) is 1.08. The zero-order valence-electron chi connectivity index (χ0n) is 20.9. The molecule has 0 aliphatic rings. The van der Waals surface area contributed by atoms with Crippen molar-refractivity contribution >= 4 is 22.7 Å². The minimum absolute atomic E-state index is 0.114. The number of oxazole rings is 1. The van der Waals surface area contributed by atoms with Gasteiger partial charge >= 0.3 is 0 Å². The summed E-state index contributed by atoms with van der Waals surface area (Å²) in [7, 11) is 1.56. The molecule has 6 heteroatoms. The second-order valence-corrected chi connectivity index (χ2v) is 9.03. The molecule has 0 aliphatic heterocycles. The van der Waals surface area contributed by atoms with Gasteiger partial charge in [-0.25, -0.2) is 4.98 Å². The Morgan fingerprint density at radius 1 is 1.00 bits per heavy atom. The number of fused-ring (bicyclic) bond motifs is 1. The molecule has 182 valence electrons. The Balaban J connectivity index is 1.48. The van der Waals surface area contributed by atoms with Gasteiger partial charge in [0.25, 0.3) is 5.91 Å². The summed E-state index contributed by atoms with van der Waals surface area (Å²) >= 11 is 0. The van der Waals surface area contributed by atoms with Gasteiger partial charge in [0.1, 0.15) is 17.0 Å². The number of nitrogens with zero attached hydrogens (tertiary/aromatic N) is 1. The molecule has 4 aromatic rings. The molecule has 1 heterocycles. The third kappa shape index (κ3) is 5.65. The number of ether oxygens (including phenoxy) is 2. The standard InChI is InChI=1S/C29H32N2O4/c1-6-19(4)20-7-11-23(12-8-20)34-17-28(32)30-24-16-22(10-13-26(24)33-5)29-31-25-15-21(18(2)3)9-14-27(25)35-29/h7-16,18-19H,6,17H2,1-5H3,(H,30,32)/t19-/m0/s1. The Kier molecular flexibility index (Phi) is 7.39. The molecule has 6 nitrogen and oxygen atoms in total.